The van der Waals surface area contributed by atoms with Crippen LogP contribution in [-0.2, 0) is 6.61 Å². The van der Waals surface area contributed by atoms with E-state index in [0.717, 1.165) is 34.1 Å². The quantitative estimate of drug-likeness (QED) is 0.223. The second-order valence-electron chi connectivity index (χ2n) is 8.02. The van der Waals surface area contributed by atoms with E-state index in [1.807, 2.05) is 78.9 Å². The van der Waals surface area contributed by atoms with Gasteiger partial charge in [-0.1, -0.05) is 66.7 Å². The van der Waals surface area contributed by atoms with E-state index < -0.39 is 12.1 Å². The smallest absolute Gasteiger partial charge is 0.379 e. The van der Waals surface area contributed by atoms with E-state index in [2.05, 4.69) is 10.5 Å². The minimum absolute atomic E-state index is 0.327. The van der Waals surface area contributed by atoms with Gasteiger partial charge in [-0.2, -0.15) is 0 Å². The molecule has 1 unspecified atom stereocenters. The van der Waals surface area contributed by atoms with Gasteiger partial charge in [0.25, 0.3) is 0 Å². The first-order valence-corrected chi connectivity index (χ1v) is 11.3. The van der Waals surface area contributed by atoms with Gasteiger partial charge in [0.1, 0.15) is 24.4 Å². The minimum Gasteiger partial charge on any atom is -0.496 e. The highest BCUT2D eigenvalue weighted by Gasteiger charge is 2.18. The van der Waals surface area contributed by atoms with Crippen molar-refractivity contribution in [3.05, 3.63) is 124 Å². The first-order valence-electron chi connectivity index (χ1n) is 11.3. The van der Waals surface area contributed by atoms with Crippen molar-refractivity contribution in [1.82, 2.24) is 5.32 Å². The number of carbonyl (C=O) groups is 2. The van der Waals surface area contributed by atoms with Gasteiger partial charge in [-0.05, 0) is 52.6 Å². The molecule has 0 spiro atoms. The van der Waals surface area contributed by atoms with Crippen LogP contribution in [-0.4, -0.2) is 19.4 Å². The fourth-order valence-corrected chi connectivity index (χ4v) is 3.91. The predicted octanol–water partition coefficient (Wildman–Crippen LogP) is 6.32. The van der Waals surface area contributed by atoms with Crippen LogP contribution in [0.5, 0.6) is 11.5 Å². The van der Waals surface area contributed by atoms with Gasteiger partial charge >= 0.3 is 6.03 Å². The maximum atomic E-state index is 11.7. The van der Waals surface area contributed by atoms with Gasteiger partial charge in [-0.15, -0.1) is 4.91 Å². The Morgan fingerprint density at radius 1 is 0.917 bits per heavy atom. The Morgan fingerprint density at radius 3 is 2.36 bits per heavy atom. The van der Waals surface area contributed by atoms with E-state index >= 15 is 0 Å². The third-order valence-electron chi connectivity index (χ3n) is 5.71. The number of nitrogens with one attached hydrogen (secondary N) is 1. The molecule has 0 aliphatic carbocycles. The molecule has 0 saturated carbocycles. The lowest BCUT2D eigenvalue weighted by atomic mass is 9.98. The van der Waals surface area contributed by atoms with Gasteiger partial charge in [0.15, 0.2) is 0 Å². The third-order valence-corrected chi connectivity index (χ3v) is 5.71. The summed E-state index contributed by atoms with van der Waals surface area (Å²) in [6.07, 6.45) is 0.808. The Labute approximate surface area is 208 Å². The van der Waals surface area contributed by atoms with E-state index in [-0.39, 0.29) is 0 Å². The van der Waals surface area contributed by atoms with Crippen molar-refractivity contribution in [1.29, 1.82) is 0 Å². The lowest BCUT2D eigenvalue weighted by Gasteiger charge is -2.19. The predicted molar refractivity (Wildman–Crippen MR) is 137 cm³/mol. The summed E-state index contributed by atoms with van der Waals surface area (Å²) in [6, 6.07) is 28.3. The average molecular weight is 481 g/mol. The number of methoxy groups -OCH3 is 1. The van der Waals surface area contributed by atoms with E-state index in [9.17, 15) is 14.5 Å². The largest absolute Gasteiger partial charge is 0.496 e. The molecule has 180 valence electrons. The van der Waals surface area contributed by atoms with Crippen LogP contribution in [0.15, 0.2) is 102 Å². The standard InChI is InChI=1S/C29H24N2O5/c1-35-27-15-12-21(18-32)16-26(27)22-13-10-20(11-14-22)19-36-25-9-5-8-24(17-25)28(30-29(33)31-34)23-6-3-2-4-7-23/h2-18,28H,19H2,1H3,(H,30,33). The van der Waals surface area contributed by atoms with Gasteiger partial charge in [0, 0.05) is 16.3 Å². The second kappa shape index (κ2) is 11.6. The summed E-state index contributed by atoms with van der Waals surface area (Å²) in [4.78, 5) is 33.6. The summed E-state index contributed by atoms with van der Waals surface area (Å²) < 4.78 is 11.4. The zero-order valence-corrected chi connectivity index (χ0v) is 19.6. The Morgan fingerprint density at radius 2 is 1.67 bits per heavy atom. The topological polar surface area (TPSA) is 94.1 Å². The second-order valence-corrected chi connectivity index (χ2v) is 8.02. The highest BCUT2D eigenvalue weighted by Crippen LogP contribution is 2.31. The molecule has 36 heavy (non-hydrogen) atoms. The number of carbonyl (C=O) groups excluding carboxylic acids is 2. The molecule has 1 atom stereocenters. The molecule has 1 N–H and O–H groups in total. The number of amides is 2. The third kappa shape index (κ3) is 5.82. The lowest BCUT2D eigenvalue weighted by Crippen LogP contribution is -2.26. The number of benzene rings is 4. The number of hydrogen-bond donors (Lipinski definition) is 1. The number of rotatable bonds is 9. The molecule has 7 nitrogen and oxygen atoms in total. The summed E-state index contributed by atoms with van der Waals surface area (Å²) in [5.41, 5.74) is 4.86. The summed E-state index contributed by atoms with van der Waals surface area (Å²) in [6.45, 7) is 0.327. The van der Waals surface area contributed by atoms with Gasteiger partial charge in [-0.3, -0.25) is 4.79 Å². The summed E-state index contributed by atoms with van der Waals surface area (Å²) in [5, 5.41) is 5.10. The van der Waals surface area contributed by atoms with E-state index in [0.29, 0.717) is 23.7 Å². The zero-order valence-electron chi connectivity index (χ0n) is 19.6. The van der Waals surface area contributed by atoms with E-state index in [4.69, 9.17) is 9.47 Å². The lowest BCUT2D eigenvalue weighted by molar-refractivity contribution is 0.112. The average Bonchev–Trinajstić information content (AvgIpc) is 2.95. The molecule has 0 heterocycles. The van der Waals surface area contributed by atoms with Crippen molar-refractivity contribution in [2.75, 3.05) is 7.11 Å². The Bertz CT molecular complexity index is 1350. The molecule has 0 aliphatic rings. The van der Waals surface area contributed by atoms with Crippen LogP contribution in [0.4, 0.5) is 4.79 Å². The molecule has 0 aliphatic heterocycles. The summed E-state index contributed by atoms with van der Waals surface area (Å²) in [5.74, 6) is 1.30. The Kier molecular flexibility index (Phi) is 7.83. The Balaban J connectivity index is 1.50. The minimum atomic E-state index is -0.939. The van der Waals surface area contributed by atoms with Crippen molar-refractivity contribution in [2.24, 2.45) is 5.18 Å². The van der Waals surface area contributed by atoms with Crippen molar-refractivity contribution >= 4 is 12.3 Å². The van der Waals surface area contributed by atoms with Crippen molar-refractivity contribution < 1.29 is 19.1 Å². The molecule has 7 heteroatoms. The summed E-state index contributed by atoms with van der Waals surface area (Å²) in [7, 11) is 1.60. The van der Waals surface area contributed by atoms with Gasteiger partial charge in [0.05, 0.1) is 13.2 Å². The first kappa shape index (κ1) is 24.3. The maximum absolute atomic E-state index is 11.7. The molecule has 0 saturated heterocycles. The van der Waals surface area contributed by atoms with Crippen LogP contribution in [0.25, 0.3) is 11.1 Å². The first-order chi connectivity index (χ1) is 17.6. The summed E-state index contributed by atoms with van der Waals surface area (Å²) >= 11 is 0. The molecule has 4 aromatic carbocycles. The maximum Gasteiger partial charge on any atom is 0.379 e. The highest BCUT2D eigenvalue weighted by molar-refractivity contribution is 5.81. The SMILES string of the molecule is COc1ccc(C=O)cc1-c1ccc(COc2cccc(C(NC(=O)N=O)c3ccccc3)c2)cc1. The Hall–Kier alpha value is -4.78. The van der Waals surface area contributed by atoms with Crippen molar-refractivity contribution in [3.8, 4) is 22.6 Å². The van der Waals surface area contributed by atoms with Crippen LogP contribution < -0.4 is 14.8 Å². The number of nitrogens with zero attached hydrogens (tertiary/aromatic N) is 1. The number of urea groups is 1. The highest BCUT2D eigenvalue weighted by atomic mass is 16.5. The van der Waals surface area contributed by atoms with E-state index in [1.165, 1.54) is 0 Å². The molecule has 4 aromatic rings. The number of hydrogen-bond acceptors (Lipinski definition) is 5. The number of nitroso groups, excluding NO2 is 1. The molecular formula is C29H24N2O5. The van der Waals surface area contributed by atoms with E-state index in [1.54, 1.807) is 25.3 Å². The monoisotopic (exact) mass is 480 g/mol. The number of aldehydes is 1. The molecular weight excluding hydrogens is 456 g/mol. The van der Waals surface area contributed by atoms with Crippen LogP contribution in [0, 0.1) is 4.91 Å². The normalized spacial score (nSPS) is 11.2. The van der Waals surface area contributed by atoms with Crippen LogP contribution in [0.2, 0.25) is 0 Å². The molecule has 0 fully saturated rings. The molecule has 2 amide bonds. The van der Waals surface area contributed by atoms with Crippen LogP contribution >= 0.6 is 0 Å². The van der Waals surface area contributed by atoms with Crippen molar-refractivity contribution in [3.63, 3.8) is 0 Å². The molecule has 4 rings (SSSR count). The molecule has 0 radical (unpaired) electrons. The van der Waals surface area contributed by atoms with Gasteiger partial charge in [-0.25, -0.2) is 4.79 Å². The fraction of sp³-hybridized carbons (Fsp3) is 0.103. The van der Waals surface area contributed by atoms with Crippen LogP contribution in [0.3, 0.4) is 0 Å². The van der Waals surface area contributed by atoms with Crippen LogP contribution in [0.1, 0.15) is 33.1 Å². The molecule has 0 aromatic heterocycles. The van der Waals surface area contributed by atoms with Gasteiger partial charge < -0.3 is 14.8 Å². The number of ether oxygens (including phenoxy) is 2. The van der Waals surface area contributed by atoms with Gasteiger partial charge in [0.2, 0.25) is 0 Å². The molecule has 0 bridgehead atoms. The van der Waals surface area contributed by atoms with Crippen molar-refractivity contribution in [2.45, 2.75) is 12.6 Å². The fourth-order valence-electron chi connectivity index (χ4n) is 3.91. The zero-order chi connectivity index (χ0) is 25.3.